The number of nitrogens with one attached hydrogen (secondary N) is 4. The zero-order chi connectivity index (χ0) is 39.1. The summed E-state index contributed by atoms with van der Waals surface area (Å²) in [7, 11) is 1.29. The molecule has 2 aliphatic carbocycles. The second-order valence-electron chi connectivity index (χ2n) is 15.6. The molecule has 8 rings (SSSR count). The number of amides is 3. The molecule has 13 heteroatoms. The van der Waals surface area contributed by atoms with E-state index in [9.17, 15) is 18.8 Å². The lowest BCUT2D eigenvalue weighted by molar-refractivity contribution is -0.146. The van der Waals surface area contributed by atoms with Crippen LogP contribution in [0, 0.1) is 29.6 Å². The number of nitrogens with zero attached hydrogens (tertiary/aromatic N) is 4. The van der Waals surface area contributed by atoms with E-state index >= 15 is 0 Å². The van der Waals surface area contributed by atoms with Gasteiger partial charge in [-0.25, -0.2) is 19.7 Å². The largest absolute Gasteiger partial charge is 0.453 e. The first-order valence-corrected chi connectivity index (χ1v) is 19.5. The van der Waals surface area contributed by atoms with E-state index in [1.165, 1.54) is 13.3 Å². The SMILES string of the molecule is COC(=O)N[C@H](C(=O)N1CCC[C@H]1c1ncc(-c2ccc(-c3ccc(-c4cnc([C@H]5[C@H](C(=O)N[C@@H](C)c6cccnc6F)C6CC[C@@H]65)[nH]4)cc3)cc2)[nH]1)C(C)C. The molecule has 0 radical (unpaired) electrons. The van der Waals surface area contributed by atoms with Crippen molar-refractivity contribution in [1.29, 1.82) is 0 Å². The van der Waals surface area contributed by atoms with Gasteiger partial charge in [0.2, 0.25) is 17.8 Å². The molecule has 3 aliphatic rings. The number of aromatic amines is 2. The maximum absolute atomic E-state index is 14.3. The van der Waals surface area contributed by atoms with E-state index in [0.717, 1.165) is 71.0 Å². The van der Waals surface area contributed by atoms with Crippen LogP contribution in [0.2, 0.25) is 0 Å². The number of alkyl carbamates (subject to hydrolysis) is 1. The molecular formula is C43H47FN8O4. The number of rotatable bonds is 11. The summed E-state index contributed by atoms with van der Waals surface area (Å²) in [5, 5.41) is 5.73. The van der Waals surface area contributed by atoms with Gasteiger partial charge in [0.15, 0.2) is 0 Å². The second kappa shape index (κ2) is 15.4. The Hall–Kier alpha value is -5.85. The van der Waals surface area contributed by atoms with Crippen LogP contribution in [-0.4, -0.2) is 67.4 Å². The molecule has 56 heavy (non-hydrogen) atoms. The van der Waals surface area contributed by atoms with Gasteiger partial charge in [-0.2, -0.15) is 4.39 Å². The van der Waals surface area contributed by atoms with E-state index in [-0.39, 0.29) is 35.6 Å². The number of fused-ring (bicyclic) bond motifs is 1. The molecule has 1 unspecified atom stereocenters. The van der Waals surface area contributed by atoms with Crippen molar-refractivity contribution in [3.05, 3.63) is 102 Å². The van der Waals surface area contributed by atoms with Crippen LogP contribution in [0.25, 0.3) is 33.6 Å². The Morgan fingerprint density at radius 2 is 1.41 bits per heavy atom. The second-order valence-corrected chi connectivity index (χ2v) is 15.6. The van der Waals surface area contributed by atoms with Crippen LogP contribution in [-0.2, 0) is 14.3 Å². The number of methoxy groups -OCH3 is 1. The van der Waals surface area contributed by atoms with E-state index in [1.54, 1.807) is 25.3 Å². The maximum Gasteiger partial charge on any atom is 0.407 e. The predicted molar refractivity (Wildman–Crippen MR) is 208 cm³/mol. The summed E-state index contributed by atoms with van der Waals surface area (Å²) in [6, 6.07) is 18.6. The highest BCUT2D eigenvalue weighted by atomic mass is 19.1. The normalized spacial score (nSPS) is 22.4. The molecule has 0 spiro atoms. The number of hydrogen-bond donors (Lipinski definition) is 4. The summed E-state index contributed by atoms with van der Waals surface area (Å²) in [6.45, 7) is 6.19. The standard InChI is InChI=1S/C43H47FN8O4/c1-23(2)37(51-43(55)56-4)42(54)52-20-6-8-34(52)39-46-21-32(49-39)27-13-9-25(10-14-27)26-11-15-28(16-12-26)33-22-47-40(50-33)35-30-17-18-31(30)36(35)41(53)48-24(3)29-7-5-19-45-38(29)44/h5,7,9-16,19,21-24,30-31,34-37H,6,8,17-18,20H2,1-4H3,(H,46,49)(H,47,50)(H,48,53)(H,51,55)/t24-,30-,31?,34-,35+,36+,37-/m0/s1. The van der Waals surface area contributed by atoms with Crippen molar-refractivity contribution in [2.45, 2.75) is 70.5 Å². The Kier molecular flexibility index (Phi) is 10.2. The van der Waals surface area contributed by atoms with Crippen LogP contribution in [0.15, 0.2) is 79.3 Å². The molecule has 3 fully saturated rings. The molecular weight excluding hydrogens is 712 g/mol. The van der Waals surface area contributed by atoms with Crippen molar-refractivity contribution in [1.82, 2.24) is 40.5 Å². The number of imidazole rings is 2. The van der Waals surface area contributed by atoms with Gasteiger partial charge in [0, 0.05) is 24.2 Å². The van der Waals surface area contributed by atoms with Gasteiger partial charge in [-0.15, -0.1) is 0 Å². The Balaban J connectivity index is 0.912. The monoisotopic (exact) mass is 758 g/mol. The molecule has 2 saturated carbocycles. The highest BCUT2D eigenvalue weighted by Gasteiger charge is 2.59. The highest BCUT2D eigenvalue weighted by molar-refractivity contribution is 5.86. The predicted octanol–water partition coefficient (Wildman–Crippen LogP) is 7.33. The number of pyridine rings is 1. The van der Waals surface area contributed by atoms with E-state index in [0.29, 0.717) is 23.9 Å². The molecule has 2 aromatic carbocycles. The zero-order valence-corrected chi connectivity index (χ0v) is 32.0. The van der Waals surface area contributed by atoms with Gasteiger partial charge in [0.1, 0.15) is 17.7 Å². The van der Waals surface area contributed by atoms with Crippen molar-refractivity contribution in [2.24, 2.45) is 23.7 Å². The molecule has 1 aliphatic heterocycles. The van der Waals surface area contributed by atoms with E-state index in [1.807, 2.05) is 24.9 Å². The van der Waals surface area contributed by atoms with Crippen LogP contribution in [0.5, 0.6) is 0 Å². The molecule has 12 nitrogen and oxygen atoms in total. The van der Waals surface area contributed by atoms with Crippen LogP contribution in [0.4, 0.5) is 9.18 Å². The van der Waals surface area contributed by atoms with E-state index in [2.05, 4.69) is 79.1 Å². The van der Waals surface area contributed by atoms with Crippen molar-refractivity contribution >= 4 is 17.9 Å². The van der Waals surface area contributed by atoms with Crippen LogP contribution in [0.3, 0.4) is 0 Å². The number of carbonyl (C=O) groups is 3. The smallest absolute Gasteiger partial charge is 0.407 e. The molecule has 5 aromatic rings. The van der Waals surface area contributed by atoms with Gasteiger partial charge in [-0.05, 0) is 78.7 Å². The fourth-order valence-corrected chi connectivity index (χ4v) is 8.85. The van der Waals surface area contributed by atoms with Crippen molar-refractivity contribution in [3.63, 3.8) is 0 Å². The fraction of sp³-hybridized carbons (Fsp3) is 0.395. The number of aromatic nitrogens is 5. The average Bonchev–Trinajstić information content (AvgIpc) is 3.99. The van der Waals surface area contributed by atoms with Crippen LogP contribution >= 0.6 is 0 Å². The third kappa shape index (κ3) is 6.94. The highest BCUT2D eigenvalue weighted by Crippen LogP contribution is 2.62. The Morgan fingerprint density at radius 1 is 0.804 bits per heavy atom. The summed E-state index contributed by atoms with van der Waals surface area (Å²) < 4.78 is 19.0. The maximum atomic E-state index is 14.3. The van der Waals surface area contributed by atoms with Gasteiger partial charge in [0.25, 0.3) is 0 Å². The van der Waals surface area contributed by atoms with E-state index < -0.39 is 24.1 Å². The number of hydrogen-bond acceptors (Lipinski definition) is 7. The number of halogens is 1. The molecule has 0 bridgehead atoms. The molecule has 7 atom stereocenters. The summed E-state index contributed by atoms with van der Waals surface area (Å²) in [4.78, 5) is 60.9. The van der Waals surface area contributed by atoms with Gasteiger partial charge < -0.3 is 30.2 Å². The first-order valence-electron chi connectivity index (χ1n) is 19.5. The number of benzene rings is 2. The van der Waals surface area contributed by atoms with Gasteiger partial charge >= 0.3 is 6.09 Å². The Morgan fingerprint density at radius 3 is 2.00 bits per heavy atom. The van der Waals surface area contributed by atoms with Crippen molar-refractivity contribution < 1.29 is 23.5 Å². The molecule has 1 saturated heterocycles. The minimum atomic E-state index is -0.686. The molecule has 3 aromatic heterocycles. The summed E-state index contributed by atoms with van der Waals surface area (Å²) >= 11 is 0. The number of ether oxygens (including phenoxy) is 1. The molecule has 3 amide bonds. The van der Waals surface area contributed by atoms with Crippen LogP contribution in [0.1, 0.15) is 81.7 Å². The van der Waals surface area contributed by atoms with Crippen LogP contribution < -0.4 is 10.6 Å². The van der Waals surface area contributed by atoms with Crippen molar-refractivity contribution in [3.8, 4) is 33.6 Å². The number of carbonyl (C=O) groups excluding carboxylic acids is 3. The first-order chi connectivity index (χ1) is 27.1. The lowest BCUT2D eigenvalue weighted by Gasteiger charge is -2.57. The first kappa shape index (κ1) is 37.1. The molecule has 4 N–H and O–H groups in total. The lowest BCUT2D eigenvalue weighted by Crippen LogP contribution is -2.57. The van der Waals surface area contributed by atoms with Gasteiger partial charge in [0.05, 0.1) is 48.9 Å². The van der Waals surface area contributed by atoms with Crippen molar-refractivity contribution in [2.75, 3.05) is 13.7 Å². The summed E-state index contributed by atoms with van der Waals surface area (Å²) in [5.74, 6) is 1.24. The molecule has 4 heterocycles. The third-order valence-corrected chi connectivity index (χ3v) is 12.1. The number of likely N-dealkylation sites (tertiary alicyclic amines) is 1. The average molecular weight is 759 g/mol. The fourth-order valence-electron chi connectivity index (χ4n) is 8.85. The Bertz CT molecular complexity index is 2220. The molecule has 290 valence electrons. The topological polar surface area (TPSA) is 158 Å². The third-order valence-electron chi connectivity index (χ3n) is 12.1. The summed E-state index contributed by atoms with van der Waals surface area (Å²) in [6.07, 6.45) is 8.16. The zero-order valence-electron chi connectivity index (χ0n) is 32.0. The van der Waals surface area contributed by atoms with E-state index in [4.69, 9.17) is 9.72 Å². The minimum absolute atomic E-state index is 0.00402. The number of H-pyrrole nitrogens is 2. The quantitative estimate of drug-likeness (QED) is 0.103. The minimum Gasteiger partial charge on any atom is -0.453 e. The van der Waals surface area contributed by atoms with Gasteiger partial charge in [-0.3, -0.25) is 9.59 Å². The van der Waals surface area contributed by atoms with Gasteiger partial charge in [-0.1, -0.05) is 68.4 Å². The lowest BCUT2D eigenvalue weighted by atomic mass is 9.46. The Labute approximate surface area is 325 Å². The summed E-state index contributed by atoms with van der Waals surface area (Å²) in [5.41, 5.74) is 6.25.